The van der Waals surface area contributed by atoms with Crippen LogP contribution in [0.2, 0.25) is 0 Å². The van der Waals surface area contributed by atoms with Gasteiger partial charge in [0.2, 0.25) is 5.91 Å². The molecule has 1 heterocycles. The molecule has 1 aromatic heterocycles. The Labute approximate surface area is 189 Å². The minimum atomic E-state index is 0.266. The predicted octanol–water partition coefficient (Wildman–Crippen LogP) is 6.81. The molecule has 0 spiro atoms. The van der Waals surface area contributed by atoms with Crippen molar-refractivity contribution in [3.05, 3.63) is 30.1 Å². The van der Waals surface area contributed by atoms with E-state index in [0.29, 0.717) is 5.92 Å². The highest BCUT2D eigenvalue weighted by molar-refractivity contribution is 5.80. The Morgan fingerprint density at radius 2 is 1.61 bits per heavy atom. The second-order valence-electron chi connectivity index (χ2n) is 9.37. The van der Waals surface area contributed by atoms with Gasteiger partial charge in [0.05, 0.1) is 11.0 Å². The first-order chi connectivity index (χ1) is 15.3. The maximum Gasteiger partial charge on any atom is 0.223 e. The van der Waals surface area contributed by atoms with Gasteiger partial charge in [0, 0.05) is 25.4 Å². The van der Waals surface area contributed by atoms with Gasteiger partial charge < -0.3 is 9.88 Å². The van der Waals surface area contributed by atoms with Gasteiger partial charge in [-0.05, 0) is 44.2 Å². The summed E-state index contributed by atoms with van der Waals surface area (Å²) >= 11 is 0. The molecule has 0 aliphatic heterocycles. The Hall–Kier alpha value is -1.84. The molecule has 4 nitrogen and oxygen atoms in total. The van der Waals surface area contributed by atoms with E-state index in [4.69, 9.17) is 4.98 Å². The van der Waals surface area contributed by atoms with Crippen LogP contribution in [-0.2, 0) is 17.8 Å². The third-order valence-corrected chi connectivity index (χ3v) is 6.54. The fraction of sp³-hybridized carbons (Fsp3) is 0.704. The Morgan fingerprint density at radius 1 is 0.935 bits per heavy atom. The van der Waals surface area contributed by atoms with Gasteiger partial charge in [-0.3, -0.25) is 4.79 Å². The minimum Gasteiger partial charge on any atom is -0.356 e. The molecule has 1 N–H and O–H groups in total. The monoisotopic (exact) mass is 425 g/mol. The van der Waals surface area contributed by atoms with Crippen LogP contribution in [-0.4, -0.2) is 22.0 Å². The molecule has 0 bridgehead atoms. The van der Waals surface area contributed by atoms with Crippen molar-refractivity contribution in [1.29, 1.82) is 0 Å². The van der Waals surface area contributed by atoms with Gasteiger partial charge in [-0.2, -0.15) is 0 Å². The number of benzene rings is 1. The van der Waals surface area contributed by atoms with E-state index in [9.17, 15) is 4.79 Å². The fourth-order valence-corrected chi connectivity index (χ4v) is 4.43. The molecule has 172 valence electrons. The quantitative estimate of drug-likeness (QED) is 0.283. The number of nitrogens with one attached hydrogen (secondary N) is 1. The number of hydrogen-bond donors (Lipinski definition) is 1. The Balaban J connectivity index is 1.37. The average molecular weight is 426 g/mol. The lowest BCUT2D eigenvalue weighted by atomic mass is 10.1. The Bertz CT molecular complexity index is 778. The number of carbonyl (C=O) groups excluding carboxylic acids is 1. The molecule has 1 amide bonds. The zero-order valence-corrected chi connectivity index (χ0v) is 19.7. The minimum absolute atomic E-state index is 0.266. The number of nitrogens with zero attached hydrogens (tertiary/aromatic N) is 2. The first kappa shape index (κ1) is 23.8. The molecule has 0 radical (unpaired) electrons. The molecule has 31 heavy (non-hydrogen) atoms. The summed E-state index contributed by atoms with van der Waals surface area (Å²) in [5.74, 6) is 1.83. The van der Waals surface area contributed by atoms with Gasteiger partial charge in [-0.15, -0.1) is 0 Å². The third-order valence-electron chi connectivity index (χ3n) is 6.54. The zero-order valence-electron chi connectivity index (χ0n) is 19.7. The number of unbranched alkanes of at least 4 members (excludes halogenated alkanes) is 10. The summed E-state index contributed by atoms with van der Waals surface area (Å²) < 4.78 is 2.46. The predicted molar refractivity (Wildman–Crippen MR) is 130 cm³/mol. The molecule has 1 aliphatic rings. The van der Waals surface area contributed by atoms with Crippen LogP contribution in [0.15, 0.2) is 24.3 Å². The molecular formula is C27H43N3O. The van der Waals surface area contributed by atoms with Crippen LogP contribution in [0.3, 0.4) is 0 Å². The summed E-state index contributed by atoms with van der Waals surface area (Å²) in [6.07, 6.45) is 18.8. The largest absolute Gasteiger partial charge is 0.356 e. The second-order valence-corrected chi connectivity index (χ2v) is 9.37. The molecule has 4 heteroatoms. The second kappa shape index (κ2) is 13.5. The SMILES string of the molecule is CCCCCCCCCCCn1c(CCCCCNC(=O)C2CC2)nc2ccccc21. The van der Waals surface area contributed by atoms with Crippen LogP contribution in [0.1, 0.15) is 103 Å². The van der Waals surface area contributed by atoms with E-state index in [-0.39, 0.29) is 5.91 Å². The summed E-state index contributed by atoms with van der Waals surface area (Å²) in [7, 11) is 0. The number of aromatic nitrogens is 2. The standard InChI is InChI=1S/C27H43N3O/c1-2-3-4-5-6-7-8-9-15-22-30-25-17-13-12-16-24(25)29-26(30)18-11-10-14-21-28-27(31)23-19-20-23/h12-13,16-17,23H,2-11,14-15,18-22H2,1H3,(H,28,31). The van der Waals surface area contributed by atoms with Crippen molar-refractivity contribution in [1.82, 2.24) is 14.9 Å². The van der Waals surface area contributed by atoms with Crippen LogP contribution in [0.5, 0.6) is 0 Å². The normalized spacial score (nSPS) is 13.7. The van der Waals surface area contributed by atoms with Crippen LogP contribution in [0, 0.1) is 5.92 Å². The van der Waals surface area contributed by atoms with Crippen molar-refractivity contribution in [3.63, 3.8) is 0 Å². The number of fused-ring (bicyclic) bond motifs is 1. The molecule has 1 saturated carbocycles. The number of amides is 1. The van der Waals surface area contributed by atoms with Crippen LogP contribution < -0.4 is 5.32 Å². The molecule has 1 fully saturated rings. The van der Waals surface area contributed by atoms with Crippen molar-refractivity contribution in [2.45, 2.75) is 110 Å². The molecule has 2 aromatic rings. The molecule has 0 atom stereocenters. The molecule has 1 aromatic carbocycles. The molecule has 3 rings (SSSR count). The smallest absolute Gasteiger partial charge is 0.223 e. The maximum atomic E-state index is 11.7. The van der Waals surface area contributed by atoms with E-state index >= 15 is 0 Å². The first-order valence-corrected chi connectivity index (χ1v) is 13.0. The van der Waals surface area contributed by atoms with Crippen molar-refractivity contribution in [2.75, 3.05) is 6.54 Å². The lowest BCUT2D eigenvalue weighted by Gasteiger charge is -2.10. The van der Waals surface area contributed by atoms with E-state index in [1.54, 1.807) is 0 Å². The number of aryl methyl sites for hydroxylation is 2. The number of hydrogen-bond acceptors (Lipinski definition) is 2. The van der Waals surface area contributed by atoms with E-state index < -0.39 is 0 Å². The van der Waals surface area contributed by atoms with Crippen molar-refractivity contribution in [3.8, 4) is 0 Å². The lowest BCUT2D eigenvalue weighted by molar-refractivity contribution is -0.122. The summed E-state index contributed by atoms with van der Waals surface area (Å²) in [6, 6.07) is 8.57. The van der Waals surface area contributed by atoms with Crippen LogP contribution in [0.4, 0.5) is 0 Å². The molecule has 0 saturated heterocycles. The summed E-state index contributed by atoms with van der Waals surface area (Å²) in [5.41, 5.74) is 2.42. The van der Waals surface area contributed by atoms with Crippen molar-refractivity contribution in [2.24, 2.45) is 5.92 Å². The summed E-state index contributed by atoms with van der Waals surface area (Å²) in [5, 5.41) is 3.08. The Morgan fingerprint density at radius 3 is 2.35 bits per heavy atom. The van der Waals surface area contributed by atoms with E-state index in [2.05, 4.69) is 41.1 Å². The van der Waals surface area contributed by atoms with Gasteiger partial charge in [-0.25, -0.2) is 4.98 Å². The Kier molecular flexibility index (Phi) is 10.4. The molecule has 0 unspecified atom stereocenters. The van der Waals surface area contributed by atoms with E-state index in [0.717, 1.165) is 57.1 Å². The third kappa shape index (κ3) is 8.31. The van der Waals surface area contributed by atoms with Gasteiger partial charge in [-0.1, -0.05) is 76.8 Å². The molecule has 1 aliphatic carbocycles. The fourth-order valence-electron chi connectivity index (χ4n) is 4.43. The zero-order chi connectivity index (χ0) is 21.7. The van der Waals surface area contributed by atoms with Gasteiger partial charge in [0.1, 0.15) is 5.82 Å². The van der Waals surface area contributed by atoms with E-state index in [1.165, 1.54) is 69.1 Å². The summed E-state index contributed by atoms with van der Waals surface area (Å²) in [4.78, 5) is 16.6. The van der Waals surface area contributed by atoms with Crippen molar-refractivity contribution >= 4 is 16.9 Å². The topological polar surface area (TPSA) is 46.9 Å². The number of carbonyl (C=O) groups is 1. The first-order valence-electron chi connectivity index (χ1n) is 13.0. The number of para-hydroxylation sites is 2. The van der Waals surface area contributed by atoms with Crippen LogP contribution in [0.25, 0.3) is 11.0 Å². The molecular weight excluding hydrogens is 382 g/mol. The maximum absolute atomic E-state index is 11.7. The summed E-state index contributed by atoms with van der Waals surface area (Å²) in [6.45, 7) is 4.19. The lowest BCUT2D eigenvalue weighted by Crippen LogP contribution is -2.25. The van der Waals surface area contributed by atoms with Gasteiger partial charge >= 0.3 is 0 Å². The van der Waals surface area contributed by atoms with Gasteiger partial charge in [0.15, 0.2) is 0 Å². The van der Waals surface area contributed by atoms with Crippen molar-refractivity contribution < 1.29 is 4.79 Å². The number of rotatable bonds is 17. The number of imidazole rings is 1. The van der Waals surface area contributed by atoms with Crippen LogP contribution >= 0.6 is 0 Å². The highest BCUT2D eigenvalue weighted by Crippen LogP contribution is 2.28. The average Bonchev–Trinajstić information content (AvgIpc) is 3.58. The highest BCUT2D eigenvalue weighted by Gasteiger charge is 2.28. The van der Waals surface area contributed by atoms with Gasteiger partial charge in [0.25, 0.3) is 0 Å². The highest BCUT2D eigenvalue weighted by atomic mass is 16.2. The van der Waals surface area contributed by atoms with E-state index in [1.807, 2.05) is 0 Å².